The van der Waals surface area contributed by atoms with Crippen LogP contribution in [0.4, 0.5) is 11.4 Å². The molecule has 0 spiro atoms. The molecular formula is C21H24N4O4. The van der Waals surface area contributed by atoms with Crippen LogP contribution in [0.25, 0.3) is 0 Å². The quantitative estimate of drug-likeness (QED) is 0.519. The number of ether oxygens (including phenoxy) is 1. The third kappa shape index (κ3) is 4.82. The van der Waals surface area contributed by atoms with Gasteiger partial charge in [0.1, 0.15) is 11.8 Å². The van der Waals surface area contributed by atoms with Gasteiger partial charge in [0.25, 0.3) is 11.6 Å². The van der Waals surface area contributed by atoms with Crippen LogP contribution < -0.4 is 15.4 Å². The van der Waals surface area contributed by atoms with Crippen molar-refractivity contribution in [3.05, 3.63) is 57.8 Å². The van der Waals surface area contributed by atoms with Crippen molar-refractivity contribution < 1.29 is 14.5 Å². The van der Waals surface area contributed by atoms with Gasteiger partial charge >= 0.3 is 0 Å². The van der Waals surface area contributed by atoms with Crippen molar-refractivity contribution in [3.8, 4) is 5.88 Å². The van der Waals surface area contributed by atoms with E-state index in [1.807, 2.05) is 6.07 Å². The van der Waals surface area contributed by atoms with Crippen LogP contribution in [-0.4, -0.2) is 28.0 Å². The second kappa shape index (κ2) is 8.46. The van der Waals surface area contributed by atoms with Crippen LogP contribution in [0.2, 0.25) is 0 Å². The molecule has 0 aliphatic heterocycles. The minimum Gasteiger partial charge on any atom is -0.474 e. The summed E-state index contributed by atoms with van der Waals surface area (Å²) in [5, 5.41) is 17.3. The lowest BCUT2D eigenvalue weighted by molar-refractivity contribution is -0.384. The molecule has 2 N–H and O–H groups in total. The summed E-state index contributed by atoms with van der Waals surface area (Å²) in [6.07, 6.45) is 8.23. The number of carbonyl (C=O) groups excluding carboxylic acids is 1. The molecule has 0 unspecified atom stereocenters. The average Bonchev–Trinajstić information content (AvgIpc) is 3.39. The fraction of sp³-hybridized carbons (Fsp3) is 0.429. The number of nitro groups is 1. The summed E-state index contributed by atoms with van der Waals surface area (Å²) in [5.74, 6) is 0.163. The topological polar surface area (TPSA) is 106 Å². The molecule has 2 aromatic rings. The Hall–Kier alpha value is -3.16. The maximum absolute atomic E-state index is 12.6. The van der Waals surface area contributed by atoms with Gasteiger partial charge in [-0.25, -0.2) is 4.98 Å². The monoisotopic (exact) mass is 396 g/mol. The van der Waals surface area contributed by atoms with E-state index in [1.165, 1.54) is 6.07 Å². The molecule has 8 heteroatoms. The number of nitrogens with one attached hydrogen (secondary N) is 2. The van der Waals surface area contributed by atoms with Crippen molar-refractivity contribution in [2.24, 2.45) is 0 Å². The number of carbonyl (C=O) groups is 1. The molecule has 4 rings (SSSR count). The first-order valence-electron chi connectivity index (χ1n) is 10.0. The van der Waals surface area contributed by atoms with Crippen LogP contribution in [-0.2, 0) is 6.54 Å². The summed E-state index contributed by atoms with van der Waals surface area (Å²) in [4.78, 5) is 27.8. The SMILES string of the molecule is O=C(NCc1cccnc1OC1CCCC1)c1ccc(NC2CC2)c([N+](=O)[O-])c1. The van der Waals surface area contributed by atoms with Crippen LogP contribution in [0, 0.1) is 10.1 Å². The summed E-state index contributed by atoms with van der Waals surface area (Å²) < 4.78 is 5.99. The maximum Gasteiger partial charge on any atom is 0.293 e. The van der Waals surface area contributed by atoms with E-state index in [4.69, 9.17) is 4.74 Å². The van der Waals surface area contributed by atoms with Gasteiger partial charge in [0.2, 0.25) is 5.88 Å². The Balaban J connectivity index is 1.43. The number of pyridine rings is 1. The summed E-state index contributed by atoms with van der Waals surface area (Å²) >= 11 is 0. The summed E-state index contributed by atoms with van der Waals surface area (Å²) in [5.41, 5.74) is 1.40. The van der Waals surface area contributed by atoms with Crippen molar-refractivity contribution in [1.82, 2.24) is 10.3 Å². The maximum atomic E-state index is 12.6. The lowest BCUT2D eigenvalue weighted by Gasteiger charge is -2.15. The van der Waals surface area contributed by atoms with E-state index in [9.17, 15) is 14.9 Å². The number of rotatable bonds is 8. The van der Waals surface area contributed by atoms with E-state index < -0.39 is 4.92 Å². The fourth-order valence-corrected chi connectivity index (χ4v) is 3.50. The molecule has 152 valence electrons. The number of nitrogens with zero attached hydrogens (tertiary/aromatic N) is 2. The molecular weight excluding hydrogens is 372 g/mol. The summed E-state index contributed by atoms with van der Waals surface area (Å²) in [6, 6.07) is 8.47. The van der Waals surface area contributed by atoms with E-state index >= 15 is 0 Å². The molecule has 2 aliphatic rings. The molecule has 8 nitrogen and oxygen atoms in total. The molecule has 0 bridgehead atoms. The number of anilines is 1. The molecule has 2 saturated carbocycles. The van der Waals surface area contributed by atoms with Gasteiger partial charge in [-0.05, 0) is 56.7 Å². The first kappa shape index (κ1) is 19.2. The molecule has 1 amide bonds. The second-order valence-electron chi connectivity index (χ2n) is 7.58. The minimum atomic E-state index is -0.462. The molecule has 0 atom stereocenters. The van der Waals surface area contributed by atoms with Crippen molar-refractivity contribution in [3.63, 3.8) is 0 Å². The zero-order valence-corrected chi connectivity index (χ0v) is 16.1. The molecule has 0 saturated heterocycles. The van der Waals surface area contributed by atoms with E-state index in [1.54, 1.807) is 24.4 Å². The Bertz CT molecular complexity index is 907. The number of nitro benzene ring substituents is 1. The third-order valence-corrected chi connectivity index (χ3v) is 5.26. The zero-order valence-electron chi connectivity index (χ0n) is 16.1. The molecule has 0 radical (unpaired) electrons. The van der Waals surface area contributed by atoms with Crippen molar-refractivity contribution in [2.45, 2.75) is 57.2 Å². The van der Waals surface area contributed by atoms with E-state index in [0.29, 0.717) is 11.6 Å². The Morgan fingerprint density at radius 2 is 2.00 bits per heavy atom. The number of benzene rings is 1. The van der Waals surface area contributed by atoms with Crippen molar-refractivity contribution >= 4 is 17.3 Å². The van der Waals surface area contributed by atoms with Crippen LogP contribution in [0.3, 0.4) is 0 Å². The summed E-state index contributed by atoms with van der Waals surface area (Å²) in [6.45, 7) is 0.241. The highest BCUT2D eigenvalue weighted by Gasteiger charge is 2.25. The Labute approximate surface area is 168 Å². The van der Waals surface area contributed by atoms with Gasteiger partial charge in [-0.3, -0.25) is 14.9 Å². The highest BCUT2D eigenvalue weighted by Crippen LogP contribution is 2.31. The Kier molecular flexibility index (Phi) is 5.59. The minimum absolute atomic E-state index is 0.0869. The van der Waals surface area contributed by atoms with E-state index in [-0.39, 0.29) is 35.8 Å². The van der Waals surface area contributed by atoms with Gasteiger partial charge in [0, 0.05) is 36.0 Å². The third-order valence-electron chi connectivity index (χ3n) is 5.26. The predicted molar refractivity (Wildman–Crippen MR) is 108 cm³/mol. The van der Waals surface area contributed by atoms with Gasteiger partial charge < -0.3 is 15.4 Å². The molecule has 1 aromatic carbocycles. The van der Waals surface area contributed by atoms with Crippen LogP contribution >= 0.6 is 0 Å². The van der Waals surface area contributed by atoms with Gasteiger partial charge in [0.05, 0.1) is 4.92 Å². The second-order valence-corrected chi connectivity index (χ2v) is 7.58. The predicted octanol–water partition coefficient (Wildman–Crippen LogP) is 3.82. The van der Waals surface area contributed by atoms with Crippen LogP contribution in [0.15, 0.2) is 36.5 Å². The highest BCUT2D eigenvalue weighted by atomic mass is 16.6. The molecule has 2 aliphatic carbocycles. The number of hydrogen-bond donors (Lipinski definition) is 2. The number of aromatic nitrogens is 1. The van der Waals surface area contributed by atoms with Crippen LogP contribution in [0.1, 0.15) is 54.4 Å². The lowest BCUT2D eigenvalue weighted by Crippen LogP contribution is -2.24. The van der Waals surface area contributed by atoms with Gasteiger partial charge in [-0.15, -0.1) is 0 Å². The van der Waals surface area contributed by atoms with Gasteiger partial charge in [-0.1, -0.05) is 6.07 Å². The smallest absolute Gasteiger partial charge is 0.293 e. The molecule has 29 heavy (non-hydrogen) atoms. The first-order valence-corrected chi connectivity index (χ1v) is 10.0. The van der Waals surface area contributed by atoms with E-state index in [2.05, 4.69) is 15.6 Å². The van der Waals surface area contributed by atoms with Crippen molar-refractivity contribution in [1.29, 1.82) is 0 Å². The van der Waals surface area contributed by atoms with Gasteiger partial charge in [0.15, 0.2) is 0 Å². The molecule has 1 aromatic heterocycles. The zero-order chi connectivity index (χ0) is 20.2. The number of amides is 1. The Morgan fingerprint density at radius 1 is 1.21 bits per heavy atom. The highest BCUT2D eigenvalue weighted by molar-refractivity contribution is 5.95. The largest absolute Gasteiger partial charge is 0.474 e. The molecule has 2 fully saturated rings. The molecule has 1 heterocycles. The lowest BCUT2D eigenvalue weighted by atomic mass is 10.1. The first-order chi connectivity index (χ1) is 14.1. The van der Waals surface area contributed by atoms with Crippen molar-refractivity contribution in [2.75, 3.05) is 5.32 Å². The van der Waals surface area contributed by atoms with E-state index in [0.717, 1.165) is 44.1 Å². The Morgan fingerprint density at radius 3 is 2.72 bits per heavy atom. The average molecular weight is 396 g/mol. The van der Waals surface area contributed by atoms with Crippen LogP contribution in [0.5, 0.6) is 5.88 Å². The normalized spacial score (nSPS) is 16.4. The number of hydrogen-bond acceptors (Lipinski definition) is 6. The standard InChI is InChI=1S/C21H24N4O4/c26-20(14-7-10-18(24-16-8-9-16)19(12-14)25(27)28)23-13-15-4-3-11-22-21(15)29-17-5-1-2-6-17/h3-4,7,10-12,16-17,24H,1-2,5-6,8-9,13H2,(H,23,26). The summed E-state index contributed by atoms with van der Waals surface area (Å²) in [7, 11) is 0. The van der Waals surface area contributed by atoms with Gasteiger partial charge in [-0.2, -0.15) is 0 Å². The fourth-order valence-electron chi connectivity index (χ4n) is 3.50.